The Bertz CT molecular complexity index is 1090. The molecular formula is C23H22BrClN2O3. The maximum Gasteiger partial charge on any atom is 0.205 e. The monoisotopic (exact) mass is 488 g/mol. The van der Waals surface area contributed by atoms with Crippen LogP contribution in [0.25, 0.3) is 6.08 Å². The molecule has 156 valence electrons. The summed E-state index contributed by atoms with van der Waals surface area (Å²) in [4.78, 5) is 12.6. The van der Waals surface area contributed by atoms with Crippen LogP contribution in [0.1, 0.15) is 34.1 Å². The van der Waals surface area contributed by atoms with Crippen molar-refractivity contribution < 1.29 is 14.3 Å². The Hall–Kier alpha value is -2.57. The minimum atomic E-state index is -0.119. The zero-order valence-corrected chi connectivity index (χ0v) is 19.3. The third kappa shape index (κ3) is 5.12. The highest BCUT2D eigenvalue weighted by molar-refractivity contribution is 9.10. The number of nitrogens with zero attached hydrogens (tertiary/aromatic N) is 2. The first kappa shape index (κ1) is 22.1. The van der Waals surface area contributed by atoms with E-state index in [-0.39, 0.29) is 5.78 Å². The van der Waals surface area contributed by atoms with Crippen LogP contribution in [0.3, 0.4) is 0 Å². The van der Waals surface area contributed by atoms with Crippen molar-refractivity contribution in [2.45, 2.75) is 27.0 Å². The number of benzene rings is 2. The number of hydrogen-bond donors (Lipinski definition) is 0. The lowest BCUT2D eigenvalue weighted by Gasteiger charge is -2.13. The Morgan fingerprint density at radius 3 is 2.70 bits per heavy atom. The number of aromatic nitrogens is 2. The molecule has 0 unspecified atom stereocenters. The lowest BCUT2D eigenvalue weighted by atomic mass is 10.1. The van der Waals surface area contributed by atoms with E-state index in [1.165, 1.54) is 0 Å². The van der Waals surface area contributed by atoms with Crippen LogP contribution in [0.2, 0.25) is 5.02 Å². The average molecular weight is 490 g/mol. The molecule has 0 atom stereocenters. The molecule has 7 heteroatoms. The van der Waals surface area contributed by atoms with E-state index in [2.05, 4.69) is 21.0 Å². The summed E-state index contributed by atoms with van der Waals surface area (Å²) in [6.45, 7) is 4.84. The molecular weight excluding hydrogens is 468 g/mol. The van der Waals surface area contributed by atoms with E-state index < -0.39 is 0 Å². The number of methoxy groups -OCH3 is 1. The van der Waals surface area contributed by atoms with Gasteiger partial charge in [-0.3, -0.25) is 9.48 Å². The fourth-order valence-corrected chi connectivity index (χ4v) is 3.76. The minimum Gasteiger partial charge on any atom is -0.496 e. The van der Waals surface area contributed by atoms with Gasteiger partial charge in [-0.15, -0.1) is 0 Å². The van der Waals surface area contributed by atoms with Gasteiger partial charge >= 0.3 is 0 Å². The molecule has 0 saturated carbocycles. The Morgan fingerprint density at radius 2 is 2.00 bits per heavy atom. The van der Waals surface area contributed by atoms with E-state index in [1.807, 2.05) is 44.2 Å². The van der Waals surface area contributed by atoms with Crippen molar-refractivity contribution in [1.29, 1.82) is 0 Å². The summed E-state index contributed by atoms with van der Waals surface area (Å²) in [7, 11) is 1.62. The van der Waals surface area contributed by atoms with Gasteiger partial charge in [0, 0.05) is 17.1 Å². The molecule has 0 amide bonds. The van der Waals surface area contributed by atoms with Crippen molar-refractivity contribution in [2.75, 3.05) is 7.11 Å². The fraction of sp³-hybridized carbons (Fsp3) is 0.217. The number of hydrogen-bond acceptors (Lipinski definition) is 4. The third-order valence-corrected chi connectivity index (χ3v) is 5.39. The largest absolute Gasteiger partial charge is 0.496 e. The van der Waals surface area contributed by atoms with Crippen LogP contribution in [0, 0.1) is 6.92 Å². The van der Waals surface area contributed by atoms with Crippen molar-refractivity contribution >= 4 is 39.4 Å². The molecule has 0 saturated heterocycles. The summed E-state index contributed by atoms with van der Waals surface area (Å²) in [5, 5.41) is 4.86. The Labute approximate surface area is 189 Å². The van der Waals surface area contributed by atoms with Crippen LogP contribution in [-0.4, -0.2) is 22.7 Å². The quantitative estimate of drug-likeness (QED) is 0.283. The molecule has 2 aromatic carbocycles. The lowest BCUT2D eigenvalue weighted by Crippen LogP contribution is -2.07. The van der Waals surface area contributed by atoms with E-state index in [1.54, 1.807) is 36.2 Å². The molecule has 0 aliphatic carbocycles. The van der Waals surface area contributed by atoms with Gasteiger partial charge in [0.15, 0.2) is 0 Å². The van der Waals surface area contributed by atoms with Gasteiger partial charge in [-0.2, -0.15) is 5.10 Å². The SMILES string of the molecule is CCn1ncc(Br)c1C(=O)/C=C/c1ccc(OC)c(COc2ccc(Cl)cc2C)c1. The van der Waals surface area contributed by atoms with Crippen molar-refractivity contribution in [3.05, 3.63) is 80.6 Å². The van der Waals surface area contributed by atoms with Gasteiger partial charge in [0.1, 0.15) is 23.8 Å². The summed E-state index contributed by atoms with van der Waals surface area (Å²) < 4.78 is 13.8. The molecule has 0 aliphatic rings. The Balaban J connectivity index is 1.79. The Kier molecular flexibility index (Phi) is 7.34. The Morgan fingerprint density at radius 1 is 1.23 bits per heavy atom. The molecule has 0 bridgehead atoms. The molecule has 0 N–H and O–H groups in total. The number of carbonyl (C=O) groups excluding carboxylic acids is 1. The zero-order valence-electron chi connectivity index (χ0n) is 17.0. The molecule has 3 aromatic rings. The van der Waals surface area contributed by atoms with Gasteiger partial charge in [0.2, 0.25) is 5.78 Å². The molecule has 30 heavy (non-hydrogen) atoms. The van der Waals surface area contributed by atoms with E-state index in [4.69, 9.17) is 21.1 Å². The normalized spacial score (nSPS) is 11.1. The summed E-state index contributed by atoms with van der Waals surface area (Å²) in [6.07, 6.45) is 4.95. The predicted octanol–water partition coefficient (Wildman–Crippen LogP) is 6.11. The number of ether oxygens (including phenoxy) is 2. The van der Waals surface area contributed by atoms with E-state index >= 15 is 0 Å². The van der Waals surface area contributed by atoms with Crippen molar-refractivity contribution in [1.82, 2.24) is 9.78 Å². The number of allylic oxidation sites excluding steroid dienone is 1. The second-order valence-electron chi connectivity index (χ2n) is 6.62. The molecule has 1 heterocycles. The summed E-state index contributed by atoms with van der Waals surface area (Å²) in [6, 6.07) is 11.2. The van der Waals surface area contributed by atoms with Crippen LogP contribution >= 0.6 is 27.5 Å². The van der Waals surface area contributed by atoms with Crippen molar-refractivity contribution in [2.24, 2.45) is 0 Å². The van der Waals surface area contributed by atoms with Gasteiger partial charge in [-0.05, 0) is 77.3 Å². The molecule has 5 nitrogen and oxygen atoms in total. The molecule has 1 aromatic heterocycles. The highest BCUT2D eigenvalue weighted by Gasteiger charge is 2.14. The summed E-state index contributed by atoms with van der Waals surface area (Å²) in [5.74, 6) is 1.36. The average Bonchev–Trinajstić information content (AvgIpc) is 3.12. The summed E-state index contributed by atoms with van der Waals surface area (Å²) in [5.41, 5.74) is 3.24. The second kappa shape index (κ2) is 9.96. The highest BCUT2D eigenvalue weighted by Crippen LogP contribution is 2.26. The zero-order chi connectivity index (χ0) is 21.7. The van der Waals surface area contributed by atoms with Gasteiger partial charge in [0.05, 0.1) is 17.8 Å². The van der Waals surface area contributed by atoms with Crippen LogP contribution in [0.5, 0.6) is 11.5 Å². The maximum atomic E-state index is 12.6. The molecule has 0 fully saturated rings. The number of ketones is 1. The first-order chi connectivity index (χ1) is 14.4. The minimum absolute atomic E-state index is 0.119. The first-order valence-electron chi connectivity index (χ1n) is 9.42. The second-order valence-corrected chi connectivity index (χ2v) is 7.92. The molecule has 0 aliphatic heterocycles. The smallest absolute Gasteiger partial charge is 0.205 e. The molecule has 0 spiro atoms. The van der Waals surface area contributed by atoms with Gasteiger partial charge in [-0.1, -0.05) is 23.7 Å². The van der Waals surface area contributed by atoms with Crippen LogP contribution in [0.4, 0.5) is 0 Å². The van der Waals surface area contributed by atoms with Crippen LogP contribution in [0.15, 0.2) is 53.1 Å². The van der Waals surface area contributed by atoms with E-state index in [9.17, 15) is 4.79 Å². The van der Waals surface area contributed by atoms with Crippen molar-refractivity contribution in [3.8, 4) is 11.5 Å². The topological polar surface area (TPSA) is 53.4 Å². The van der Waals surface area contributed by atoms with E-state index in [0.29, 0.717) is 28.3 Å². The van der Waals surface area contributed by atoms with E-state index in [0.717, 1.165) is 28.2 Å². The van der Waals surface area contributed by atoms with Crippen molar-refractivity contribution in [3.63, 3.8) is 0 Å². The van der Waals surface area contributed by atoms with Crippen LogP contribution < -0.4 is 9.47 Å². The highest BCUT2D eigenvalue weighted by atomic mass is 79.9. The standard InChI is InChI=1S/C23H22BrClN2O3/c1-4-27-23(19(24)13-26-27)20(28)8-5-16-6-9-22(29-3)17(12-16)14-30-21-10-7-18(25)11-15(21)2/h5-13H,4,14H2,1-3H3/b8-5+. The number of aryl methyl sites for hydroxylation is 2. The first-order valence-corrected chi connectivity index (χ1v) is 10.6. The summed E-state index contributed by atoms with van der Waals surface area (Å²) >= 11 is 9.40. The third-order valence-electron chi connectivity index (χ3n) is 4.58. The maximum absolute atomic E-state index is 12.6. The number of rotatable bonds is 8. The predicted molar refractivity (Wildman–Crippen MR) is 122 cm³/mol. The number of carbonyl (C=O) groups is 1. The molecule has 3 rings (SSSR count). The molecule has 0 radical (unpaired) electrons. The van der Waals surface area contributed by atoms with Gasteiger partial charge in [-0.25, -0.2) is 0 Å². The van der Waals surface area contributed by atoms with Crippen LogP contribution in [-0.2, 0) is 13.2 Å². The van der Waals surface area contributed by atoms with Gasteiger partial charge < -0.3 is 9.47 Å². The lowest BCUT2D eigenvalue weighted by molar-refractivity contribution is 0.103. The van der Waals surface area contributed by atoms with Gasteiger partial charge in [0.25, 0.3) is 0 Å². The number of halogens is 2. The fourth-order valence-electron chi connectivity index (χ4n) is 3.04.